The first-order valence-electron chi connectivity index (χ1n) is 6.61. The minimum Gasteiger partial charge on any atom is -0.359 e. The fourth-order valence-corrected chi connectivity index (χ4v) is 1.53. The minimum atomic E-state index is -0.733. The third kappa shape index (κ3) is 8.36. The fraction of sp³-hybridized carbons (Fsp3) is 0.692. The Kier molecular flexibility index (Phi) is 9.19. The van der Waals surface area contributed by atoms with Gasteiger partial charge in [0.25, 0.3) is 0 Å². The van der Waals surface area contributed by atoms with E-state index in [2.05, 4.69) is 10.6 Å². The van der Waals surface area contributed by atoms with Gasteiger partial charge in [0.1, 0.15) is 11.6 Å². The molecule has 0 bridgehead atoms. The van der Waals surface area contributed by atoms with Crippen LogP contribution in [0.1, 0.15) is 38.5 Å². The molecule has 0 aromatic rings. The number of nitrogens with one attached hydrogen (secondary N) is 2. The number of hydrogen-bond donors (Lipinski definition) is 3. The van der Waals surface area contributed by atoms with Crippen molar-refractivity contribution in [3.63, 3.8) is 0 Å². The van der Waals surface area contributed by atoms with E-state index < -0.39 is 6.04 Å². The summed E-state index contributed by atoms with van der Waals surface area (Å²) in [5.41, 5.74) is 5.66. The molecule has 0 rings (SSSR count). The van der Waals surface area contributed by atoms with E-state index in [9.17, 15) is 19.2 Å². The van der Waals surface area contributed by atoms with Crippen molar-refractivity contribution in [2.75, 3.05) is 14.1 Å². The number of amides is 2. The highest BCUT2D eigenvalue weighted by atomic mass is 16.2. The number of nitrogens with two attached hydrogens (primary N) is 1. The highest BCUT2D eigenvalue weighted by molar-refractivity contribution is 5.89. The molecule has 114 valence electrons. The van der Waals surface area contributed by atoms with Crippen LogP contribution in [0.5, 0.6) is 0 Å². The van der Waals surface area contributed by atoms with Gasteiger partial charge in [-0.1, -0.05) is 0 Å². The van der Waals surface area contributed by atoms with Gasteiger partial charge in [0.2, 0.25) is 11.8 Å². The number of hydrogen-bond acceptors (Lipinski definition) is 5. The maximum atomic E-state index is 11.6. The van der Waals surface area contributed by atoms with E-state index in [4.69, 9.17) is 5.73 Å². The standard InChI is InChI=1S/C13H23N3O4/c1-15-12(19)7-4-9(17)3-5-10(14)11(18)6-8-13(20)16-2/h10H,3-8,14H2,1-2H3,(H,15,19)(H,16,20)/t10-/m0/s1. The van der Waals surface area contributed by atoms with Crippen molar-refractivity contribution in [3.8, 4) is 0 Å². The van der Waals surface area contributed by atoms with Gasteiger partial charge in [0.05, 0.1) is 6.04 Å². The molecule has 0 aliphatic rings. The Morgan fingerprint density at radius 1 is 0.850 bits per heavy atom. The topological polar surface area (TPSA) is 118 Å². The maximum absolute atomic E-state index is 11.6. The van der Waals surface area contributed by atoms with Gasteiger partial charge in [-0.25, -0.2) is 0 Å². The lowest BCUT2D eigenvalue weighted by molar-refractivity contribution is -0.126. The molecule has 0 fully saturated rings. The predicted octanol–water partition coefficient (Wildman–Crippen LogP) is -0.715. The normalized spacial score (nSPS) is 11.6. The van der Waals surface area contributed by atoms with Crippen LogP contribution < -0.4 is 16.4 Å². The highest BCUT2D eigenvalue weighted by Crippen LogP contribution is 2.05. The van der Waals surface area contributed by atoms with Crippen LogP contribution in [-0.2, 0) is 19.2 Å². The Labute approximate surface area is 118 Å². The smallest absolute Gasteiger partial charge is 0.220 e. The second-order valence-electron chi connectivity index (χ2n) is 4.50. The van der Waals surface area contributed by atoms with Crippen LogP contribution in [0.15, 0.2) is 0 Å². The number of Topliss-reactive ketones (excluding diaryl/α,β-unsaturated/α-hetero) is 2. The molecule has 7 nitrogen and oxygen atoms in total. The van der Waals surface area contributed by atoms with E-state index in [-0.39, 0.29) is 61.9 Å². The molecule has 0 spiro atoms. The number of carbonyl (C=O) groups is 4. The molecule has 20 heavy (non-hydrogen) atoms. The summed E-state index contributed by atoms with van der Waals surface area (Å²) in [5.74, 6) is -0.729. The van der Waals surface area contributed by atoms with Crippen LogP contribution in [0, 0.1) is 0 Å². The summed E-state index contributed by atoms with van der Waals surface area (Å²) < 4.78 is 0. The van der Waals surface area contributed by atoms with Gasteiger partial charge in [-0.15, -0.1) is 0 Å². The van der Waals surface area contributed by atoms with Gasteiger partial charge in [-0.05, 0) is 6.42 Å². The molecule has 0 aromatic heterocycles. The molecule has 0 saturated heterocycles. The summed E-state index contributed by atoms with van der Waals surface area (Å²) >= 11 is 0. The number of carbonyl (C=O) groups excluding carboxylic acids is 4. The van der Waals surface area contributed by atoms with Crippen LogP contribution in [-0.4, -0.2) is 43.5 Å². The minimum absolute atomic E-state index is 0.0767. The third-order valence-corrected chi connectivity index (χ3v) is 2.93. The fourth-order valence-electron chi connectivity index (χ4n) is 1.53. The highest BCUT2D eigenvalue weighted by Gasteiger charge is 2.16. The quantitative estimate of drug-likeness (QED) is 0.490. The summed E-state index contributed by atoms with van der Waals surface area (Å²) in [5, 5.41) is 4.85. The molecule has 0 radical (unpaired) electrons. The Bertz CT molecular complexity index is 369. The molecule has 0 heterocycles. The second-order valence-corrected chi connectivity index (χ2v) is 4.50. The van der Waals surface area contributed by atoms with E-state index in [1.54, 1.807) is 0 Å². The maximum Gasteiger partial charge on any atom is 0.220 e. The summed E-state index contributed by atoms with van der Waals surface area (Å²) in [6.07, 6.45) is 0.901. The van der Waals surface area contributed by atoms with Gasteiger partial charge < -0.3 is 16.4 Å². The monoisotopic (exact) mass is 285 g/mol. The lowest BCUT2D eigenvalue weighted by atomic mass is 10.0. The van der Waals surface area contributed by atoms with Crippen molar-refractivity contribution < 1.29 is 19.2 Å². The van der Waals surface area contributed by atoms with Crippen LogP contribution in [0.3, 0.4) is 0 Å². The molecule has 0 aromatic carbocycles. The molecule has 2 amide bonds. The molecule has 0 saturated carbocycles. The number of ketones is 2. The molecule has 0 aliphatic carbocycles. The Balaban J connectivity index is 3.88. The first-order valence-corrected chi connectivity index (χ1v) is 6.61. The van der Waals surface area contributed by atoms with Crippen molar-refractivity contribution in [2.24, 2.45) is 5.73 Å². The first kappa shape index (κ1) is 18.2. The average molecular weight is 285 g/mol. The SMILES string of the molecule is CNC(=O)CCC(=O)CC[C@H](N)C(=O)CCC(=O)NC. The average Bonchev–Trinajstić information content (AvgIpc) is 2.46. The summed E-state index contributed by atoms with van der Waals surface area (Å²) in [4.78, 5) is 45.0. The zero-order chi connectivity index (χ0) is 15.5. The summed E-state index contributed by atoms with van der Waals surface area (Å²) in [6, 6.07) is -0.733. The second kappa shape index (κ2) is 10.1. The Morgan fingerprint density at radius 3 is 1.85 bits per heavy atom. The van der Waals surface area contributed by atoms with E-state index in [1.807, 2.05) is 0 Å². The van der Waals surface area contributed by atoms with Gasteiger partial charge in [0, 0.05) is 46.2 Å². The molecule has 0 aliphatic heterocycles. The third-order valence-electron chi connectivity index (χ3n) is 2.93. The summed E-state index contributed by atoms with van der Waals surface area (Å²) in [6.45, 7) is 0. The lowest BCUT2D eigenvalue weighted by Crippen LogP contribution is -2.32. The first-order chi connectivity index (χ1) is 9.40. The number of rotatable bonds is 10. The predicted molar refractivity (Wildman–Crippen MR) is 73.8 cm³/mol. The molecule has 4 N–H and O–H groups in total. The molecular weight excluding hydrogens is 262 g/mol. The molecule has 0 unspecified atom stereocenters. The van der Waals surface area contributed by atoms with Crippen LogP contribution in [0.4, 0.5) is 0 Å². The van der Waals surface area contributed by atoms with Crippen LogP contribution in [0.2, 0.25) is 0 Å². The van der Waals surface area contributed by atoms with E-state index in [1.165, 1.54) is 14.1 Å². The Morgan fingerprint density at radius 2 is 1.35 bits per heavy atom. The zero-order valence-corrected chi connectivity index (χ0v) is 12.0. The largest absolute Gasteiger partial charge is 0.359 e. The van der Waals surface area contributed by atoms with Gasteiger partial charge in [0.15, 0.2) is 0 Å². The van der Waals surface area contributed by atoms with Gasteiger partial charge in [-0.3, -0.25) is 19.2 Å². The van der Waals surface area contributed by atoms with Crippen molar-refractivity contribution in [1.82, 2.24) is 10.6 Å². The van der Waals surface area contributed by atoms with Gasteiger partial charge in [-0.2, -0.15) is 0 Å². The van der Waals surface area contributed by atoms with Crippen molar-refractivity contribution in [1.29, 1.82) is 0 Å². The summed E-state index contributed by atoms with van der Waals surface area (Å²) in [7, 11) is 3.01. The van der Waals surface area contributed by atoms with E-state index in [0.29, 0.717) is 0 Å². The van der Waals surface area contributed by atoms with Crippen molar-refractivity contribution in [3.05, 3.63) is 0 Å². The van der Waals surface area contributed by atoms with Crippen LogP contribution in [0.25, 0.3) is 0 Å². The van der Waals surface area contributed by atoms with E-state index >= 15 is 0 Å². The molecule has 1 atom stereocenters. The van der Waals surface area contributed by atoms with Crippen LogP contribution >= 0.6 is 0 Å². The van der Waals surface area contributed by atoms with Gasteiger partial charge >= 0.3 is 0 Å². The lowest BCUT2D eigenvalue weighted by Gasteiger charge is -2.09. The van der Waals surface area contributed by atoms with E-state index in [0.717, 1.165) is 0 Å². The molecular formula is C13H23N3O4. The Hall–Kier alpha value is -1.76. The van der Waals surface area contributed by atoms with Crippen molar-refractivity contribution >= 4 is 23.4 Å². The van der Waals surface area contributed by atoms with Crippen molar-refractivity contribution in [2.45, 2.75) is 44.6 Å². The molecule has 7 heteroatoms. The zero-order valence-electron chi connectivity index (χ0n) is 12.0.